The normalized spacial score (nSPS) is 16.7. The Morgan fingerprint density at radius 3 is 2.48 bits per heavy atom. The van der Waals surface area contributed by atoms with Crippen LogP contribution in [-0.2, 0) is 16.1 Å². The number of hydrogen-bond acceptors (Lipinski definition) is 4. The van der Waals surface area contributed by atoms with Crippen molar-refractivity contribution in [3.63, 3.8) is 0 Å². The number of nitrogens with one attached hydrogen (secondary N) is 2. The van der Waals surface area contributed by atoms with Gasteiger partial charge in [0.1, 0.15) is 5.82 Å². The summed E-state index contributed by atoms with van der Waals surface area (Å²) in [6.07, 6.45) is 2.07. The van der Waals surface area contributed by atoms with E-state index in [-0.39, 0.29) is 17.8 Å². The minimum absolute atomic E-state index is 0.252. The van der Waals surface area contributed by atoms with Gasteiger partial charge in [-0.25, -0.2) is 9.18 Å². The van der Waals surface area contributed by atoms with Gasteiger partial charge in [-0.3, -0.25) is 4.79 Å². The fourth-order valence-corrected chi connectivity index (χ4v) is 3.30. The van der Waals surface area contributed by atoms with Gasteiger partial charge < -0.3 is 26.0 Å². The molecule has 2 rings (SSSR count). The molecule has 1 saturated heterocycles. The smallest absolute Gasteiger partial charge is 0.315 e. The number of carbonyl (C=O) groups is 2. The second-order valence-corrected chi connectivity index (χ2v) is 6.96. The molecule has 0 bridgehead atoms. The Morgan fingerprint density at radius 2 is 1.89 bits per heavy atom. The molecule has 7 nitrogen and oxygen atoms in total. The molecule has 0 aromatic heterocycles. The predicted molar refractivity (Wildman–Crippen MR) is 100 cm³/mol. The molecule has 0 atom stereocenters. The highest BCUT2D eigenvalue weighted by atomic mass is 19.1. The van der Waals surface area contributed by atoms with E-state index in [0.29, 0.717) is 45.5 Å². The van der Waals surface area contributed by atoms with Crippen LogP contribution in [0.5, 0.6) is 0 Å². The van der Waals surface area contributed by atoms with Gasteiger partial charge in [0.2, 0.25) is 5.91 Å². The number of carbonyl (C=O) groups excluding carboxylic acids is 2. The lowest BCUT2D eigenvalue weighted by Crippen LogP contribution is -2.49. The number of urea groups is 1. The van der Waals surface area contributed by atoms with Gasteiger partial charge in [-0.2, -0.15) is 0 Å². The first kappa shape index (κ1) is 21.1. The summed E-state index contributed by atoms with van der Waals surface area (Å²) >= 11 is 0. The lowest BCUT2D eigenvalue weighted by molar-refractivity contribution is -0.131. The molecule has 27 heavy (non-hydrogen) atoms. The van der Waals surface area contributed by atoms with Gasteiger partial charge in [0.25, 0.3) is 0 Å². The lowest BCUT2D eigenvalue weighted by Gasteiger charge is -2.39. The molecule has 1 aliphatic heterocycles. The van der Waals surface area contributed by atoms with Crippen LogP contribution in [0.15, 0.2) is 24.3 Å². The van der Waals surface area contributed by atoms with E-state index in [4.69, 9.17) is 10.5 Å². The number of primary amides is 1. The first-order chi connectivity index (χ1) is 12.9. The highest BCUT2D eigenvalue weighted by molar-refractivity contribution is 5.81. The van der Waals surface area contributed by atoms with E-state index in [1.165, 1.54) is 12.1 Å². The third-order valence-corrected chi connectivity index (χ3v) is 5.20. The van der Waals surface area contributed by atoms with Crippen LogP contribution in [0.1, 0.15) is 24.8 Å². The van der Waals surface area contributed by atoms with Crippen LogP contribution in [0.2, 0.25) is 0 Å². The standard InChI is InChI=1S/C19H29FN4O3/c1-27-13-8-19(17(21)25)6-10-24(11-7-19)12-9-22-18(26)23-14-15-2-4-16(20)5-3-15/h2-5H,6-14H2,1H3,(H2,21,25)(H2,22,23,26). The van der Waals surface area contributed by atoms with Crippen LogP contribution in [0.3, 0.4) is 0 Å². The highest BCUT2D eigenvalue weighted by Crippen LogP contribution is 2.34. The first-order valence-electron chi connectivity index (χ1n) is 9.22. The van der Waals surface area contributed by atoms with Crippen molar-refractivity contribution in [2.24, 2.45) is 11.1 Å². The van der Waals surface area contributed by atoms with E-state index >= 15 is 0 Å². The maximum atomic E-state index is 12.8. The van der Waals surface area contributed by atoms with Gasteiger partial charge in [-0.1, -0.05) is 12.1 Å². The van der Waals surface area contributed by atoms with Crippen LogP contribution in [-0.4, -0.2) is 56.7 Å². The number of methoxy groups -OCH3 is 1. The van der Waals surface area contributed by atoms with E-state index in [9.17, 15) is 14.0 Å². The van der Waals surface area contributed by atoms with Gasteiger partial charge in [-0.15, -0.1) is 0 Å². The van der Waals surface area contributed by atoms with Crippen LogP contribution in [0, 0.1) is 11.2 Å². The fourth-order valence-electron chi connectivity index (χ4n) is 3.30. The van der Waals surface area contributed by atoms with E-state index in [1.54, 1.807) is 19.2 Å². The van der Waals surface area contributed by atoms with Crippen molar-refractivity contribution in [3.8, 4) is 0 Å². The Morgan fingerprint density at radius 1 is 1.22 bits per heavy atom. The molecule has 3 amide bonds. The first-order valence-corrected chi connectivity index (χ1v) is 9.22. The van der Waals surface area contributed by atoms with Gasteiger partial charge in [0.05, 0.1) is 5.41 Å². The monoisotopic (exact) mass is 380 g/mol. The zero-order chi connectivity index (χ0) is 19.7. The summed E-state index contributed by atoms with van der Waals surface area (Å²) in [5.74, 6) is -0.551. The van der Waals surface area contributed by atoms with Crippen molar-refractivity contribution in [1.29, 1.82) is 0 Å². The third kappa shape index (κ3) is 6.48. The second kappa shape index (κ2) is 10.2. The Bertz CT molecular complexity index is 616. The van der Waals surface area contributed by atoms with Crippen molar-refractivity contribution in [3.05, 3.63) is 35.6 Å². The quantitative estimate of drug-likeness (QED) is 0.600. The van der Waals surface area contributed by atoms with E-state index in [1.807, 2.05) is 0 Å². The van der Waals surface area contributed by atoms with Crippen LogP contribution in [0.25, 0.3) is 0 Å². The predicted octanol–water partition coefficient (Wildman–Crippen LogP) is 1.23. The van der Waals surface area contributed by atoms with Gasteiger partial charge in [-0.05, 0) is 50.0 Å². The Labute approximate surface area is 159 Å². The zero-order valence-corrected chi connectivity index (χ0v) is 15.8. The van der Waals surface area contributed by atoms with Crippen molar-refractivity contribution < 1.29 is 18.7 Å². The minimum atomic E-state index is -0.480. The second-order valence-electron chi connectivity index (χ2n) is 6.96. The average Bonchev–Trinajstić information content (AvgIpc) is 2.67. The molecule has 0 saturated carbocycles. The molecule has 150 valence electrons. The maximum absolute atomic E-state index is 12.8. The number of halogens is 1. The Kier molecular flexibility index (Phi) is 7.99. The molecule has 1 aromatic rings. The molecule has 0 radical (unpaired) electrons. The summed E-state index contributed by atoms with van der Waals surface area (Å²) in [4.78, 5) is 25.9. The number of rotatable bonds is 9. The number of ether oxygens (including phenoxy) is 1. The Balaban J connectivity index is 1.65. The summed E-state index contributed by atoms with van der Waals surface area (Å²) in [7, 11) is 1.62. The molecule has 0 aliphatic carbocycles. The van der Waals surface area contributed by atoms with Crippen molar-refractivity contribution >= 4 is 11.9 Å². The number of piperidine rings is 1. The molecule has 1 aliphatic rings. The SMILES string of the molecule is COCCC1(C(N)=O)CCN(CCNC(=O)NCc2ccc(F)cc2)CC1. The largest absolute Gasteiger partial charge is 0.385 e. The van der Waals surface area contributed by atoms with E-state index < -0.39 is 5.41 Å². The van der Waals surface area contributed by atoms with Crippen LogP contribution >= 0.6 is 0 Å². The minimum Gasteiger partial charge on any atom is -0.385 e. The molecule has 8 heteroatoms. The van der Waals surface area contributed by atoms with Gasteiger partial charge in [0.15, 0.2) is 0 Å². The maximum Gasteiger partial charge on any atom is 0.315 e. The van der Waals surface area contributed by atoms with Gasteiger partial charge in [0, 0.05) is 33.4 Å². The number of benzene rings is 1. The van der Waals surface area contributed by atoms with Crippen molar-refractivity contribution in [2.45, 2.75) is 25.8 Å². The number of likely N-dealkylation sites (tertiary alicyclic amines) is 1. The van der Waals surface area contributed by atoms with Crippen LogP contribution in [0.4, 0.5) is 9.18 Å². The van der Waals surface area contributed by atoms with E-state index in [0.717, 1.165) is 18.7 Å². The third-order valence-electron chi connectivity index (χ3n) is 5.20. The summed E-state index contributed by atoms with van der Waals surface area (Å²) < 4.78 is 18.0. The highest BCUT2D eigenvalue weighted by Gasteiger charge is 2.39. The van der Waals surface area contributed by atoms with E-state index in [2.05, 4.69) is 15.5 Å². The van der Waals surface area contributed by atoms with Crippen molar-refractivity contribution in [1.82, 2.24) is 15.5 Å². The summed E-state index contributed by atoms with van der Waals surface area (Å²) in [5, 5.41) is 5.55. The number of nitrogens with two attached hydrogens (primary N) is 1. The molecule has 1 heterocycles. The number of hydrogen-bond donors (Lipinski definition) is 3. The number of nitrogens with zero attached hydrogens (tertiary/aromatic N) is 1. The van der Waals surface area contributed by atoms with Crippen LogP contribution < -0.4 is 16.4 Å². The summed E-state index contributed by atoms with van der Waals surface area (Å²) in [6.45, 7) is 3.63. The number of amides is 3. The Hall–Kier alpha value is -2.19. The molecule has 1 aromatic carbocycles. The summed E-state index contributed by atoms with van der Waals surface area (Å²) in [6, 6.07) is 5.74. The summed E-state index contributed by atoms with van der Waals surface area (Å²) in [5.41, 5.74) is 5.97. The zero-order valence-electron chi connectivity index (χ0n) is 15.8. The molecular formula is C19H29FN4O3. The molecule has 4 N–H and O–H groups in total. The molecular weight excluding hydrogens is 351 g/mol. The fraction of sp³-hybridized carbons (Fsp3) is 0.579. The molecule has 1 fully saturated rings. The lowest BCUT2D eigenvalue weighted by atomic mass is 9.75. The van der Waals surface area contributed by atoms with Gasteiger partial charge >= 0.3 is 6.03 Å². The molecule has 0 unspecified atom stereocenters. The molecule has 0 spiro atoms. The van der Waals surface area contributed by atoms with Crippen molar-refractivity contribution in [2.75, 3.05) is 39.9 Å². The topological polar surface area (TPSA) is 96.7 Å². The average molecular weight is 380 g/mol.